The van der Waals surface area contributed by atoms with Gasteiger partial charge in [0.1, 0.15) is 0 Å². The fourth-order valence-electron chi connectivity index (χ4n) is 2.50. The molecule has 0 aliphatic heterocycles. The Morgan fingerprint density at radius 1 is 1.26 bits per heavy atom. The number of sulfonamides is 1. The molecule has 0 spiro atoms. The number of allylic oxidation sites excluding steroid dienone is 2. The van der Waals surface area contributed by atoms with Crippen LogP contribution in [0.4, 0.5) is 0 Å². The lowest BCUT2D eigenvalue weighted by atomic mass is 9.85. The average molecular weight is 337 g/mol. The Labute approximate surface area is 138 Å². The summed E-state index contributed by atoms with van der Waals surface area (Å²) in [6.07, 6.45) is 6.17. The van der Waals surface area contributed by atoms with E-state index in [1.165, 1.54) is 26.2 Å². The Hall–Kier alpha value is -1.66. The van der Waals surface area contributed by atoms with Crippen LogP contribution in [-0.4, -0.2) is 39.4 Å². The Morgan fingerprint density at radius 3 is 2.61 bits per heavy atom. The first-order valence-corrected chi connectivity index (χ1v) is 9.11. The highest BCUT2D eigenvalue weighted by atomic mass is 32.2. The number of hydrogen-bond acceptors (Lipinski definition) is 4. The molecule has 0 amide bonds. The van der Waals surface area contributed by atoms with Gasteiger partial charge >= 0.3 is 5.97 Å². The van der Waals surface area contributed by atoms with Crippen LogP contribution in [0.1, 0.15) is 30.1 Å². The van der Waals surface area contributed by atoms with Gasteiger partial charge in [0, 0.05) is 14.1 Å². The summed E-state index contributed by atoms with van der Waals surface area (Å²) in [4.78, 5) is 12.3. The van der Waals surface area contributed by atoms with Crippen LogP contribution in [0.25, 0.3) is 0 Å². The van der Waals surface area contributed by atoms with Crippen molar-refractivity contribution < 1.29 is 17.9 Å². The van der Waals surface area contributed by atoms with Crippen LogP contribution in [0.5, 0.6) is 0 Å². The summed E-state index contributed by atoms with van der Waals surface area (Å²) in [7, 11) is -0.647. The second-order valence-corrected chi connectivity index (χ2v) is 8.25. The SMILES string of the molecule is C[C@H]1CC=CC[C@@H]1COC(=O)c1cccc(S(=O)(=O)N(C)C)c1. The lowest BCUT2D eigenvalue weighted by Gasteiger charge is -2.24. The van der Waals surface area contributed by atoms with Crippen LogP contribution in [-0.2, 0) is 14.8 Å². The molecule has 126 valence electrons. The summed E-state index contributed by atoms with van der Waals surface area (Å²) >= 11 is 0. The molecular weight excluding hydrogens is 314 g/mol. The van der Waals surface area contributed by atoms with Gasteiger partial charge in [0.05, 0.1) is 17.1 Å². The number of carbonyl (C=O) groups excluding carboxylic acids is 1. The van der Waals surface area contributed by atoms with Crippen LogP contribution >= 0.6 is 0 Å². The van der Waals surface area contributed by atoms with Crippen molar-refractivity contribution in [1.29, 1.82) is 0 Å². The van der Waals surface area contributed by atoms with E-state index in [1.807, 2.05) is 0 Å². The molecule has 5 nitrogen and oxygen atoms in total. The lowest BCUT2D eigenvalue weighted by molar-refractivity contribution is 0.0395. The van der Waals surface area contributed by atoms with Gasteiger partial charge in [0.2, 0.25) is 10.0 Å². The molecule has 0 radical (unpaired) electrons. The normalized spacial score (nSPS) is 21.4. The number of hydrogen-bond donors (Lipinski definition) is 0. The molecule has 1 aromatic carbocycles. The van der Waals surface area contributed by atoms with E-state index in [-0.39, 0.29) is 10.5 Å². The lowest BCUT2D eigenvalue weighted by Crippen LogP contribution is -2.23. The highest BCUT2D eigenvalue weighted by Gasteiger charge is 2.22. The summed E-state index contributed by atoms with van der Waals surface area (Å²) < 4.78 is 30.7. The molecule has 1 aliphatic rings. The molecule has 1 aromatic rings. The number of esters is 1. The van der Waals surface area contributed by atoms with Gasteiger partial charge in [0.25, 0.3) is 0 Å². The molecule has 0 aromatic heterocycles. The predicted octanol–water partition coefficient (Wildman–Crippen LogP) is 2.70. The van der Waals surface area contributed by atoms with Crippen molar-refractivity contribution in [2.75, 3.05) is 20.7 Å². The van der Waals surface area contributed by atoms with Gasteiger partial charge in [0.15, 0.2) is 0 Å². The molecule has 0 saturated heterocycles. The maximum Gasteiger partial charge on any atom is 0.338 e. The van der Waals surface area contributed by atoms with Gasteiger partial charge in [-0.25, -0.2) is 17.5 Å². The summed E-state index contributed by atoms with van der Waals surface area (Å²) in [5.74, 6) is 0.313. The van der Waals surface area contributed by atoms with E-state index >= 15 is 0 Å². The largest absolute Gasteiger partial charge is 0.462 e. The van der Waals surface area contributed by atoms with E-state index in [4.69, 9.17) is 4.74 Å². The number of rotatable bonds is 5. The summed E-state index contributed by atoms with van der Waals surface area (Å²) in [6.45, 7) is 2.50. The first-order chi connectivity index (χ1) is 10.8. The van der Waals surface area contributed by atoms with E-state index in [0.717, 1.165) is 17.1 Å². The van der Waals surface area contributed by atoms with E-state index in [2.05, 4.69) is 19.1 Å². The molecule has 6 heteroatoms. The second-order valence-electron chi connectivity index (χ2n) is 6.09. The molecule has 2 atom stereocenters. The maximum atomic E-state index is 12.2. The smallest absolute Gasteiger partial charge is 0.338 e. The molecule has 23 heavy (non-hydrogen) atoms. The quantitative estimate of drug-likeness (QED) is 0.612. The fraction of sp³-hybridized carbons (Fsp3) is 0.471. The van der Waals surface area contributed by atoms with E-state index in [0.29, 0.717) is 18.4 Å². The van der Waals surface area contributed by atoms with Gasteiger partial charge < -0.3 is 4.74 Å². The number of ether oxygens (including phenoxy) is 1. The number of carbonyl (C=O) groups is 1. The van der Waals surface area contributed by atoms with E-state index < -0.39 is 16.0 Å². The van der Waals surface area contributed by atoms with E-state index in [9.17, 15) is 13.2 Å². The molecular formula is C17H23NO4S. The summed E-state index contributed by atoms with van der Waals surface area (Å²) in [6, 6.07) is 5.96. The topological polar surface area (TPSA) is 63.7 Å². The highest BCUT2D eigenvalue weighted by molar-refractivity contribution is 7.89. The van der Waals surface area contributed by atoms with Crippen molar-refractivity contribution in [3.8, 4) is 0 Å². The monoisotopic (exact) mass is 337 g/mol. The first kappa shape index (κ1) is 17.7. The Morgan fingerprint density at radius 2 is 1.96 bits per heavy atom. The summed E-state index contributed by atoms with van der Waals surface area (Å²) in [5, 5.41) is 0. The van der Waals surface area contributed by atoms with Crippen molar-refractivity contribution >= 4 is 16.0 Å². The third kappa shape index (κ3) is 4.20. The molecule has 0 unspecified atom stereocenters. The van der Waals surface area contributed by atoms with Gasteiger partial charge in [-0.1, -0.05) is 25.1 Å². The zero-order chi connectivity index (χ0) is 17.0. The van der Waals surface area contributed by atoms with Crippen LogP contribution in [0.15, 0.2) is 41.3 Å². The summed E-state index contributed by atoms with van der Waals surface area (Å²) in [5.41, 5.74) is 0.256. The predicted molar refractivity (Wildman–Crippen MR) is 88.6 cm³/mol. The standard InChI is InChI=1S/C17H23NO4S/c1-13-7-4-5-8-15(13)12-22-17(19)14-9-6-10-16(11-14)23(20,21)18(2)3/h4-6,9-11,13,15H,7-8,12H2,1-3H3/t13-,15+/m0/s1. The molecule has 1 aliphatic carbocycles. The Kier molecular flexibility index (Phi) is 5.59. The van der Waals surface area contributed by atoms with Crippen LogP contribution < -0.4 is 0 Å². The second kappa shape index (κ2) is 7.27. The van der Waals surface area contributed by atoms with Crippen molar-refractivity contribution in [3.05, 3.63) is 42.0 Å². The van der Waals surface area contributed by atoms with Gasteiger partial charge in [-0.05, 0) is 42.9 Å². The number of nitrogens with zero attached hydrogens (tertiary/aromatic N) is 1. The van der Waals surface area contributed by atoms with Crippen LogP contribution in [0.2, 0.25) is 0 Å². The average Bonchev–Trinajstić information content (AvgIpc) is 2.53. The van der Waals surface area contributed by atoms with Crippen molar-refractivity contribution in [2.24, 2.45) is 11.8 Å². The van der Waals surface area contributed by atoms with Crippen LogP contribution in [0.3, 0.4) is 0 Å². The third-order valence-corrected chi connectivity index (χ3v) is 6.01. The van der Waals surface area contributed by atoms with Crippen LogP contribution in [0, 0.1) is 11.8 Å². The minimum atomic E-state index is -3.56. The molecule has 2 rings (SSSR count). The zero-order valence-corrected chi connectivity index (χ0v) is 14.5. The van der Waals surface area contributed by atoms with E-state index in [1.54, 1.807) is 12.1 Å². The first-order valence-electron chi connectivity index (χ1n) is 7.67. The molecule has 0 N–H and O–H groups in total. The molecule has 0 bridgehead atoms. The molecule has 0 heterocycles. The fourth-order valence-corrected chi connectivity index (χ4v) is 3.45. The van der Waals surface area contributed by atoms with Crippen molar-refractivity contribution in [3.63, 3.8) is 0 Å². The third-order valence-electron chi connectivity index (χ3n) is 4.19. The molecule has 0 saturated carbocycles. The van der Waals surface area contributed by atoms with Gasteiger partial charge in [-0.15, -0.1) is 0 Å². The minimum Gasteiger partial charge on any atom is -0.462 e. The Balaban J connectivity index is 2.07. The van der Waals surface area contributed by atoms with Crippen molar-refractivity contribution in [2.45, 2.75) is 24.7 Å². The minimum absolute atomic E-state index is 0.0888. The van der Waals surface area contributed by atoms with Gasteiger partial charge in [-0.2, -0.15) is 0 Å². The Bertz CT molecular complexity index is 694. The zero-order valence-electron chi connectivity index (χ0n) is 13.7. The number of benzene rings is 1. The van der Waals surface area contributed by atoms with Crippen molar-refractivity contribution in [1.82, 2.24) is 4.31 Å². The van der Waals surface area contributed by atoms with Gasteiger partial charge in [-0.3, -0.25) is 0 Å². The molecule has 0 fully saturated rings. The highest BCUT2D eigenvalue weighted by Crippen LogP contribution is 2.25. The maximum absolute atomic E-state index is 12.2.